The Hall–Kier alpha value is -2.08. The van der Waals surface area contributed by atoms with E-state index in [0.717, 1.165) is 30.8 Å². The van der Waals surface area contributed by atoms with Crippen LogP contribution in [0.5, 0.6) is 5.75 Å². The zero-order valence-electron chi connectivity index (χ0n) is 17.9. The molecule has 2 amide bonds. The summed E-state index contributed by atoms with van der Waals surface area (Å²) in [5, 5.41) is 3.04. The standard InChI is InChI=1S/C23H35N3O3/c1-3-29-21-11-9-20(10-12-21)26-17-19(16-22(26)27)23(28)24-13-5-7-15-25-14-6-4-8-18(25)2/h9-12,18-19H,3-8,13-17H2,1-2H3,(H,24,28)/t18-,19-/m0/s1. The number of nitrogens with one attached hydrogen (secondary N) is 1. The number of carbonyl (C=O) groups is 2. The van der Waals surface area contributed by atoms with Gasteiger partial charge in [0.05, 0.1) is 12.5 Å². The smallest absolute Gasteiger partial charge is 0.227 e. The average molecular weight is 402 g/mol. The minimum Gasteiger partial charge on any atom is -0.494 e. The zero-order valence-corrected chi connectivity index (χ0v) is 17.9. The molecule has 6 heteroatoms. The summed E-state index contributed by atoms with van der Waals surface area (Å²) in [6.45, 7) is 8.33. The van der Waals surface area contributed by atoms with Crippen molar-refractivity contribution >= 4 is 17.5 Å². The van der Waals surface area contributed by atoms with Gasteiger partial charge >= 0.3 is 0 Å². The second-order valence-corrected chi connectivity index (χ2v) is 8.21. The highest BCUT2D eigenvalue weighted by atomic mass is 16.5. The van der Waals surface area contributed by atoms with Gasteiger partial charge in [-0.15, -0.1) is 0 Å². The lowest BCUT2D eigenvalue weighted by molar-refractivity contribution is -0.126. The van der Waals surface area contributed by atoms with Crippen molar-refractivity contribution in [1.29, 1.82) is 0 Å². The van der Waals surface area contributed by atoms with Gasteiger partial charge in [-0.2, -0.15) is 0 Å². The molecule has 0 radical (unpaired) electrons. The fourth-order valence-corrected chi connectivity index (χ4v) is 4.31. The van der Waals surface area contributed by atoms with Gasteiger partial charge in [-0.25, -0.2) is 0 Å². The van der Waals surface area contributed by atoms with E-state index in [1.807, 2.05) is 31.2 Å². The molecule has 0 unspecified atom stereocenters. The van der Waals surface area contributed by atoms with Crippen LogP contribution in [0, 0.1) is 5.92 Å². The fourth-order valence-electron chi connectivity index (χ4n) is 4.31. The Morgan fingerprint density at radius 1 is 1.21 bits per heavy atom. The van der Waals surface area contributed by atoms with E-state index < -0.39 is 0 Å². The quantitative estimate of drug-likeness (QED) is 0.646. The highest BCUT2D eigenvalue weighted by Gasteiger charge is 2.34. The summed E-state index contributed by atoms with van der Waals surface area (Å²) in [4.78, 5) is 29.2. The van der Waals surface area contributed by atoms with Gasteiger partial charge in [0.2, 0.25) is 11.8 Å². The van der Waals surface area contributed by atoms with Crippen molar-refractivity contribution in [1.82, 2.24) is 10.2 Å². The van der Waals surface area contributed by atoms with Crippen molar-refractivity contribution in [3.8, 4) is 5.75 Å². The molecule has 0 aromatic heterocycles. The maximum absolute atomic E-state index is 12.5. The first kappa shape index (κ1) is 21.6. The van der Waals surface area contributed by atoms with Gasteiger partial charge in [-0.3, -0.25) is 9.59 Å². The third kappa shape index (κ3) is 5.95. The van der Waals surface area contributed by atoms with Crippen LogP contribution in [-0.2, 0) is 9.59 Å². The average Bonchev–Trinajstić information content (AvgIpc) is 3.11. The number of piperidine rings is 1. The van der Waals surface area contributed by atoms with Gasteiger partial charge in [0.25, 0.3) is 0 Å². The fraction of sp³-hybridized carbons (Fsp3) is 0.652. The molecule has 0 spiro atoms. The first-order valence-electron chi connectivity index (χ1n) is 11.1. The van der Waals surface area contributed by atoms with Crippen molar-refractivity contribution in [2.75, 3.05) is 37.7 Å². The van der Waals surface area contributed by atoms with E-state index in [0.29, 0.717) is 25.7 Å². The summed E-state index contributed by atoms with van der Waals surface area (Å²) in [6, 6.07) is 8.18. The highest BCUT2D eigenvalue weighted by molar-refractivity contribution is 6.00. The van der Waals surface area contributed by atoms with Gasteiger partial charge < -0.3 is 19.9 Å². The maximum Gasteiger partial charge on any atom is 0.227 e. The predicted octanol–water partition coefficient (Wildman–Crippen LogP) is 3.21. The number of carbonyl (C=O) groups excluding carboxylic acids is 2. The van der Waals surface area contributed by atoms with E-state index in [1.165, 1.54) is 25.8 Å². The number of hydrogen-bond donors (Lipinski definition) is 1. The van der Waals surface area contributed by atoms with Crippen molar-refractivity contribution in [3.63, 3.8) is 0 Å². The van der Waals surface area contributed by atoms with Crippen molar-refractivity contribution < 1.29 is 14.3 Å². The number of anilines is 1. The van der Waals surface area contributed by atoms with Crippen LogP contribution < -0.4 is 15.0 Å². The van der Waals surface area contributed by atoms with Crippen molar-refractivity contribution in [3.05, 3.63) is 24.3 Å². The number of benzene rings is 1. The minimum absolute atomic E-state index is 0.00173. The Morgan fingerprint density at radius 2 is 2.00 bits per heavy atom. The van der Waals surface area contributed by atoms with Gasteiger partial charge in [0.15, 0.2) is 0 Å². The molecule has 2 fully saturated rings. The second-order valence-electron chi connectivity index (χ2n) is 8.21. The second kappa shape index (κ2) is 10.6. The van der Waals surface area contributed by atoms with Crippen LogP contribution in [0.25, 0.3) is 0 Å². The summed E-state index contributed by atoms with van der Waals surface area (Å²) in [5.41, 5.74) is 0.824. The first-order valence-corrected chi connectivity index (χ1v) is 11.1. The number of amides is 2. The molecule has 2 saturated heterocycles. The molecule has 160 valence electrons. The third-order valence-corrected chi connectivity index (χ3v) is 6.07. The normalized spacial score (nSPS) is 22.7. The Labute approximate surface area is 174 Å². The van der Waals surface area contributed by atoms with Crippen LogP contribution in [0.1, 0.15) is 52.4 Å². The largest absolute Gasteiger partial charge is 0.494 e. The molecule has 2 aliphatic rings. The summed E-state index contributed by atoms with van der Waals surface area (Å²) in [5.74, 6) is 0.527. The van der Waals surface area contributed by atoms with Gasteiger partial charge in [0, 0.05) is 31.2 Å². The summed E-state index contributed by atoms with van der Waals surface area (Å²) in [6.07, 6.45) is 6.33. The SMILES string of the molecule is CCOc1ccc(N2C[C@@H](C(=O)NCCCCN3CCCC[C@@H]3C)CC2=O)cc1. The molecule has 2 atom stereocenters. The summed E-state index contributed by atoms with van der Waals surface area (Å²) < 4.78 is 5.45. The number of ether oxygens (including phenoxy) is 1. The molecule has 3 rings (SSSR count). The Balaban J connectivity index is 1.38. The van der Waals surface area contributed by atoms with Crippen LogP contribution in [0.15, 0.2) is 24.3 Å². The molecule has 0 bridgehead atoms. The summed E-state index contributed by atoms with van der Waals surface area (Å²) >= 11 is 0. The lowest BCUT2D eigenvalue weighted by Crippen LogP contribution is -2.38. The van der Waals surface area contributed by atoms with Gasteiger partial charge in [-0.1, -0.05) is 6.42 Å². The molecule has 1 aromatic rings. The number of nitrogens with zero attached hydrogens (tertiary/aromatic N) is 2. The Kier molecular flexibility index (Phi) is 7.92. The van der Waals surface area contributed by atoms with Gasteiger partial charge in [0.1, 0.15) is 5.75 Å². The van der Waals surface area contributed by atoms with Gasteiger partial charge in [-0.05, 0) is 76.9 Å². The van der Waals surface area contributed by atoms with Crippen molar-refractivity contribution in [2.45, 2.75) is 58.4 Å². The molecule has 0 aliphatic carbocycles. The van der Waals surface area contributed by atoms with Crippen LogP contribution >= 0.6 is 0 Å². The van der Waals surface area contributed by atoms with Crippen LogP contribution in [0.3, 0.4) is 0 Å². The lowest BCUT2D eigenvalue weighted by Gasteiger charge is -2.33. The molecule has 0 saturated carbocycles. The molecular weight excluding hydrogens is 366 g/mol. The highest BCUT2D eigenvalue weighted by Crippen LogP contribution is 2.27. The number of rotatable bonds is 9. The van der Waals surface area contributed by atoms with E-state index in [1.54, 1.807) is 4.90 Å². The molecule has 1 aromatic carbocycles. The molecular formula is C23H35N3O3. The van der Waals surface area contributed by atoms with E-state index in [-0.39, 0.29) is 24.2 Å². The number of unbranched alkanes of at least 4 members (excludes halogenated alkanes) is 1. The molecule has 2 aliphatic heterocycles. The van der Waals surface area contributed by atoms with Crippen molar-refractivity contribution in [2.24, 2.45) is 5.92 Å². The van der Waals surface area contributed by atoms with E-state index in [9.17, 15) is 9.59 Å². The lowest BCUT2D eigenvalue weighted by atomic mass is 10.0. The monoisotopic (exact) mass is 401 g/mol. The third-order valence-electron chi connectivity index (χ3n) is 6.07. The van der Waals surface area contributed by atoms with Crippen LogP contribution in [0.4, 0.5) is 5.69 Å². The Morgan fingerprint density at radius 3 is 2.72 bits per heavy atom. The number of hydrogen-bond acceptors (Lipinski definition) is 4. The maximum atomic E-state index is 12.5. The first-order chi connectivity index (χ1) is 14.1. The molecule has 1 N–H and O–H groups in total. The topological polar surface area (TPSA) is 61.9 Å². The number of likely N-dealkylation sites (tertiary alicyclic amines) is 1. The minimum atomic E-state index is -0.267. The molecule has 6 nitrogen and oxygen atoms in total. The summed E-state index contributed by atoms with van der Waals surface area (Å²) in [7, 11) is 0. The predicted molar refractivity (Wildman–Crippen MR) is 115 cm³/mol. The van der Waals surface area contributed by atoms with E-state index in [2.05, 4.69) is 17.1 Å². The van der Waals surface area contributed by atoms with E-state index in [4.69, 9.17) is 4.74 Å². The Bertz CT molecular complexity index is 676. The van der Waals surface area contributed by atoms with E-state index >= 15 is 0 Å². The molecule has 29 heavy (non-hydrogen) atoms. The molecule has 2 heterocycles. The van der Waals surface area contributed by atoms with Crippen LogP contribution in [0.2, 0.25) is 0 Å². The van der Waals surface area contributed by atoms with Crippen LogP contribution in [-0.4, -0.2) is 55.5 Å². The zero-order chi connectivity index (χ0) is 20.6.